The van der Waals surface area contributed by atoms with Gasteiger partial charge in [-0.3, -0.25) is 4.79 Å². The lowest BCUT2D eigenvalue weighted by molar-refractivity contribution is 0.0735. The van der Waals surface area contributed by atoms with Crippen molar-refractivity contribution in [1.82, 2.24) is 19.9 Å². The van der Waals surface area contributed by atoms with Crippen molar-refractivity contribution >= 4 is 131 Å². The van der Waals surface area contributed by atoms with Crippen molar-refractivity contribution in [3.05, 3.63) is 150 Å². The van der Waals surface area contributed by atoms with Crippen LogP contribution in [0, 0.1) is 11.6 Å². The first-order chi connectivity index (χ1) is 25.4. The summed E-state index contributed by atoms with van der Waals surface area (Å²) in [5.74, 6) is -1.03. The van der Waals surface area contributed by atoms with E-state index >= 15 is 0 Å². The number of carbonyl (C=O) groups excluding carboxylic acids is 2. The smallest absolute Gasteiger partial charge is 0.343 e. The number of carbonyl (C=O) groups is 2. The number of fused-ring (bicyclic) bond motifs is 4. The summed E-state index contributed by atoms with van der Waals surface area (Å²) in [5.41, 5.74) is 5.71. The van der Waals surface area contributed by atoms with E-state index in [0.29, 0.717) is 42.1 Å². The summed E-state index contributed by atoms with van der Waals surface area (Å²) < 4.78 is 33.5. The van der Waals surface area contributed by atoms with Crippen molar-refractivity contribution in [2.24, 2.45) is 0 Å². The fourth-order valence-electron chi connectivity index (χ4n) is 4.79. The number of hydrogen-bond acceptors (Lipinski definition) is 8. The summed E-state index contributed by atoms with van der Waals surface area (Å²) in [6.07, 6.45) is 0. The molecule has 6 aromatic carbocycles. The van der Waals surface area contributed by atoms with Gasteiger partial charge in [-0.25, -0.2) is 33.5 Å². The minimum absolute atomic E-state index is 0.112. The number of ether oxygens (including phenoxy) is 1. The number of hydrogen-bond donors (Lipinski definition) is 1. The maximum atomic E-state index is 13.1. The lowest BCUT2D eigenvalue weighted by Gasteiger charge is -2.11. The first-order valence-corrected chi connectivity index (χ1v) is 18.7. The van der Waals surface area contributed by atoms with E-state index in [9.17, 15) is 23.5 Å². The molecule has 8 nitrogen and oxygen atoms in total. The third-order valence-corrected chi connectivity index (χ3v) is 9.95. The predicted octanol–water partition coefficient (Wildman–Crippen LogP) is 11.9. The first kappa shape index (κ1) is 38.3. The normalized spacial score (nSPS) is 10.8. The van der Waals surface area contributed by atoms with Crippen LogP contribution in [0.2, 0.25) is 0 Å². The van der Waals surface area contributed by atoms with Crippen LogP contribution in [0.5, 0.6) is 11.5 Å². The van der Waals surface area contributed by atoms with E-state index in [1.165, 1.54) is 48.5 Å². The Morgan fingerprint density at radius 2 is 0.943 bits per heavy atom. The molecule has 264 valence electrons. The highest BCUT2D eigenvalue weighted by Crippen LogP contribution is 2.38. The van der Waals surface area contributed by atoms with Crippen LogP contribution in [0.1, 0.15) is 20.7 Å². The largest absolute Gasteiger partial charge is 0.504 e. The van der Waals surface area contributed by atoms with E-state index in [1.54, 1.807) is 12.1 Å². The van der Waals surface area contributed by atoms with Crippen LogP contribution in [0.3, 0.4) is 0 Å². The zero-order chi connectivity index (χ0) is 37.8. The maximum absolute atomic E-state index is 13.1. The number of benzene rings is 6. The van der Waals surface area contributed by atoms with E-state index in [2.05, 4.69) is 83.7 Å². The van der Waals surface area contributed by atoms with Gasteiger partial charge in [0, 0.05) is 14.5 Å². The minimum atomic E-state index is -0.607. The van der Waals surface area contributed by atoms with Gasteiger partial charge in [0.05, 0.1) is 36.6 Å². The van der Waals surface area contributed by atoms with Gasteiger partial charge in [0.25, 0.3) is 5.24 Å². The van der Waals surface area contributed by atoms with Crippen LogP contribution in [0.15, 0.2) is 127 Å². The number of rotatable bonds is 3. The third kappa shape index (κ3) is 8.85. The predicted molar refractivity (Wildman–Crippen MR) is 214 cm³/mol. The Morgan fingerprint density at radius 3 is 1.42 bits per heavy atom. The fourth-order valence-corrected chi connectivity index (χ4v) is 7.46. The third-order valence-electron chi connectivity index (χ3n) is 7.33. The summed E-state index contributed by atoms with van der Waals surface area (Å²) in [6.45, 7) is 0. The Kier molecular flexibility index (Phi) is 12.0. The molecule has 2 aromatic heterocycles. The second-order valence-electron chi connectivity index (χ2n) is 10.9. The van der Waals surface area contributed by atoms with Crippen LogP contribution < -0.4 is 4.74 Å². The van der Waals surface area contributed by atoms with Gasteiger partial charge < -0.3 is 9.84 Å². The molecule has 0 aliphatic rings. The number of halogens is 7. The molecule has 0 amide bonds. The molecule has 0 fully saturated rings. The monoisotopic (exact) mass is 984 g/mol. The van der Waals surface area contributed by atoms with Crippen molar-refractivity contribution in [1.29, 1.82) is 0 Å². The van der Waals surface area contributed by atoms with Gasteiger partial charge in [-0.05, 0) is 160 Å². The summed E-state index contributed by atoms with van der Waals surface area (Å²) >= 11 is 18.7. The Bertz CT molecular complexity index is 2690. The summed E-state index contributed by atoms with van der Waals surface area (Å²) in [5, 5.41) is 9.40. The molecule has 0 spiro atoms. The average Bonchev–Trinajstić information content (AvgIpc) is 3.15. The molecular weight excluding hydrogens is 970 g/mol. The molecule has 0 saturated carbocycles. The second-order valence-corrected chi connectivity index (χ2v) is 14.6. The molecule has 0 bridgehead atoms. The summed E-state index contributed by atoms with van der Waals surface area (Å²) in [6, 6.07) is 28.7. The van der Waals surface area contributed by atoms with Crippen LogP contribution in [-0.4, -0.2) is 36.3 Å². The number of para-hydroxylation sites is 4. The molecule has 1 N–H and O–H groups in total. The number of esters is 1. The zero-order valence-corrected chi connectivity index (χ0v) is 33.6. The van der Waals surface area contributed by atoms with Crippen molar-refractivity contribution in [3.8, 4) is 11.5 Å². The minimum Gasteiger partial charge on any atom is -0.504 e. The van der Waals surface area contributed by atoms with E-state index in [0.717, 1.165) is 25.5 Å². The van der Waals surface area contributed by atoms with E-state index in [4.69, 9.17) is 16.3 Å². The van der Waals surface area contributed by atoms with Crippen LogP contribution in [0.25, 0.3) is 44.1 Å². The highest BCUT2D eigenvalue weighted by Gasteiger charge is 2.19. The molecule has 8 rings (SSSR count). The molecule has 0 saturated heterocycles. The number of phenolic OH excluding ortho intramolecular Hbond substituents is 1. The van der Waals surface area contributed by atoms with Crippen molar-refractivity contribution in [2.45, 2.75) is 0 Å². The van der Waals surface area contributed by atoms with Crippen molar-refractivity contribution in [2.75, 3.05) is 0 Å². The molecule has 2 heterocycles. The molecule has 0 aliphatic carbocycles. The molecule has 53 heavy (non-hydrogen) atoms. The van der Waals surface area contributed by atoms with Gasteiger partial charge >= 0.3 is 5.97 Å². The lowest BCUT2D eigenvalue weighted by Crippen LogP contribution is -2.10. The quantitative estimate of drug-likeness (QED) is 0.0805. The number of aromatic nitrogens is 4. The van der Waals surface area contributed by atoms with E-state index in [-0.39, 0.29) is 22.9 Å². The summed E-state index contributed by atoms with van der Waals surface area (Å²) in [7, 11) is 0. The highest BCUT2D eigenvalue weighted by molar-refractivity contribution is 9.11. The Hall–Kier alpha value is -4.47. The Labute approximate surface area is 337 Å². The molecule has 8 aromatic rings. The van der Waals surface area contributed by atoms with Gasteiger partial charge in [0.2, 0.25) is 0 Å². The summed E-state index contributed by atoms with van der Waals surface area (Å²) in [4.78, 5) is 41.0. The van der Waals surface area contributed by atoms with Crippen LogP contribution in [-0.2, 0) is 0 Å². The van der Waals surface area contributed by atoms with Gasteiger partial charge in [-0.15, -0.1) is 0 Å². The number of aromatic hydroxyl groups is 1. The maximum Gasteiger partial charge on any atom is 0.343 e. The topological polar surface area (TPSA) is 115 Å². The zero-order valence-electron chi connectivity index (χ0n) is 26.5. The van der Waals surface area contributed by atoms with Crippen LogP contribution in [0.4, 0.5) is 8.78 Å². The van der Waals surface area contributed by atoms with Crippen molar-refractivity contribution in [3.63, 3.8) is 0 Å². The lowest BCUT2D eigenvalue weighted by atomic mass is 10.2. The Balaban J connectivity index is 0.000000152. The van der Waals surface area contributed by atoms with Gasteiger partial charge in [0.1, 0.15) is 33.7 Å². The second kappa shape index (κ2) is 16.7. The standard InChI is InChI=1S/C19H9Br2FN2O2.C12H6Br2N2O.C7H4ClFO/c20-12-9-13(21)18(26-19(25)10-5-7-11(22)8-6-10)17-16(12)23-14-3-1-2-4-15(14)24-17;13-6-5-7(14)12(17)11-10(6)15-8-3-1-2-4-9(8)16-11;8-7(10)5-1-3-6(9)4-2-5/h1-9H;1-5,17H;1-4H. The first-order valence-electron chi connectivity index (χ1n) is 15.1. The average molecular weight is 989 g/mol. The fraction of sp³-hybridized carbons (Fsp3) is 0. The SMILES string of the molecule is O=C(Cl)c1ccc(F)cc1.O=C(Oc1c(Br)cc(Br)c2nc3ccccc3nc12)c1ccc(F)cc1.Oc1c(Br)cc(Br)c2nc3ccccc3nc12. The van der Waals surface area contributed by atoms with E-state index in [1.807, 2.05) is 48.5 Å². The molecule has 0 unspecified atom stereocenters. The van der Waals surface area contributed by atoms with Crippen LogP contribution >= 0.6 is 75.3 Å². The van der Waals surface area contributed by atoms with Gasteiger partial charge in [-0.2, -0.15) is 0 Å². The molecule has 0 aliphatic heterocycles. The van der Waals surface area contributed by atoms with Gasteiger partial charge in [0.15, 0.2) is 11.5 Å². The Morgan fingerprint density at radius 1 is 0.547 bits per heavy atom. The molecule has 15 heteroatoms. The molecular formula is C38H19Br4ClF2N4O4. The molecule has 0 radical (unpaired) electrons. The van der Waals surface area contributed by atoms with E-state index < -0.39 is 17.0 Å². The van der Waals surface area contributed by atoms with Crippen molar-refractivity contribution < 1.29 is 28.2 Å². The number of phenols is 1. The van der Waals surface area contributed by atoms with Gasteiger partial charge in [-0.1, -0.05) is 24.3 Å². The molecule has 0 atom stereocenters. The highest BCUT2D eigenvalue weighted by atomic mass is 79.9. The number of nitrogens with zero attached hydrogens (tertiary/aromatic N) is 4.